The number of methoxy groups -OCH3 is 1. The Balaban J connectivity index is 1.35. The van der Waals surface area contributed by atoms with Gasteiger partial charge in [-0.15, -0.1) is 5.10 Å². The molecule has 1 aromatic carbocycles. The van der Waals surface area contributed by atoms with Crippen LogP contribution in [0.4, 0.5) is 0 Å². The van der Waals surface area contributed by atoms with Crippen molar-refractivity contribution in [2.45, 2.75) is 31.6 Å². The molecule has 1 aliphatic carbocycles. The number of likely N-dealkylation sites (tertiary alicyclic amines) is 1. The molecule has 0 bridgehead atoms. The van der Waals surface area contributed by atoms with Crippen LogP contribution < -0.4 is 4.74 Å². The van der Waals surface area contributed by atoms with Crippen LogP contribution in [0.25, 0.3) is 0 Å². The molecular formula is C20H26N4O4. The number of carbonyl (C=O) groups excluding carboxylic acids is 1. The highest BCUT2D eigenvalue weighted by molar-refractivity contribution is 5.89. The number of aromatic nitrogens is 3. The molecule has 0 unspecified atom stereocenters. The maximum atomic E-state index is 11.5. The average molecular weight is 386 g/mol. The molecule has 1 N–H and O–H groups in total. The second-order valence-electron chi connectivity index (χ2n) is 7.81. The van der Waals surface area contributed by atoms with Gasteiger partial charge in [0.15, 0.2) is 0 Å². The third-order valence-electron chi connectivity index (χ3n) is 5.76. The molecule has 0 radical (unpaired) electrons. The van der Waals surface area contributed by atoms with Gasteiger partial charge in [0.05, 0.1) is 24.5 Å². The number of carbonyl (C=O) groups is 1. The number of nitrogens with zero attached hydrogens (tertiary/aromatic N) is 4. The van der Waals surface area contributed by atoms with E-state index in [-0.39, 0.29) is 12.1 Å². The van der Waals surface area contributed by atoms with Crippen molar-refractivity contribution in [3.63, 3.8) is 0 Å². The first-order valence-electron chi connectivity index (χ1n) is 9.62. The minimum absolute atomic E-state index is 0.235. The lowest BCUT2D eigenvalue weighted by Gasteiger charge is -2.35. The summed E-state index contributed by atoms with van der Waals surface area (Å²) in [5.41, 5.74) is 1.45. The molecular weight excluding hydrogens is 360 g/mol. The van der Waals surface area contributed by atoms with E-state index in [2.05, 4.69) is 15.2 Å². The summed E-state index contributed by atoms with van der Waals surface area (Å²) in [5.74, 6) is 1.26. The molecule has 2 aliphatic rings. The molecule has 150 valence electrons. The molecule has 1 saturated carbocycles. The van der Waals surface area contributed by atoms with Gasteiger partial charge in [0.1, 0.15) is 11.9 Å². The summed E-state index contributed by atoms with van der Waals surface area (Å²) in [6.45, 7) is 2.74. The van der Waals surface area contributed by atoms with Gasteiger partial charge in [0, 0.05) is 32.9 Å². The van der Waals surface area contributed by atoms with E-state index in [4.69, 9.17) is 9.47 Å². The Morgan fingerprint density at radius 3 is 2.57 bits per heavy atom. The summed E-state index contributed by atoms with van der Waals surface area (Å²) in [6, 6.07) is 6.86. The molecule has 2 heterocycles. The minimum Gasteiger partial charge on any atom is -0.488 e. The van der Waals surface area contributed by atoms with E-state index in [9.17, 15) is 9.90 Å². The van der Waals surface area contributed by atoms with Crippen LogP contribution in [0.15, 0.2) is 30.5 Å². The summed E-state index contributed by atoms with van der Waals surface area (Å²) in [4.78, 5) is 13.9. The van der Waals surface area contributed by atoms with E-state index in [0.717, 1.165) is 38.2 Å². The monoisotopic (exact) mass is 386 g/mol. The fraction of sp³-hybridized carbons (Fsp3) is 0.550. The number of hydrogen-bond donors (Lipinski definition) is 1. The topological polar surface area (TPSA) is 89.7 Å². The summed E-state index contributed by atoms with van der Waals surface area (Å²) in [7, 11) is 3.23. The van der Waals surface area contributed by atoms with Gasteiger partial charge in [-0.3, -0.25) is 9.58 Å². The van der Waals surface area contributed by atoms with Gasteiger partial charge in [-0.2, -0.15) is 0 Å². The Kier molecular flexibility index (Phi) is 5.32. The predicted octanol–water partition coefficient (Wildman–Crippen LogP) is 1.25. The summed E-state index contributed by atoms with van der Waals surface area (Å²) < 4.78 is 12.5. The van der Waals surface area contributed by atoms with E-state index in [1.165, 1.54) is 7.11 Å². The highest BCUT2D eigenvalue weighted by Gasteiger charge is 2.42. The van der Waals surface area contributed by atoms with Gasteiger partial charge in [-0.1, -0.05) is 5.21 Å². The molecule has 0 amide bonds. The zero-order chi connectivity index (χ0) is 19.7. The van der Waals surface area contributed by atoms with Crippen molar-refractivity contribution in [1.82, 2.24) is 19.9 Å². The lowest BCUT2D eigenvalue weighted by atomic mass is 9.78. The number of rotatable bonds is 5. The van der Waals surface area contributed by atoms with Crippen LogP contribution in [0, 0.1) is 11.8 Å². The first-order chi connectivity index (χ1) is 13.5. The Labute approximate surface area is 164 Å². The molecule has 0 spiro atoms. The van der Waals surface area contributed by atoms with Crippen molar-refractivity contribution in [2.75, 3.05) is 20.2 Å². The van der Waals surface area contributed by atoms with Crippen molar-refractivity contribution < 1.29 is 19.4 Å². The van der Waals surface area contributed by atoms with Gasteiger partial charge < -0.3 is 14.6 Å². The predicted molar refractivity (Wildman–Crippen MR) is 101 cm³/mol. The van der Waals surface area contributed by atoms with Gasteiger partial charge in [-0.05, 0) is 48.9 Å². The minimum atomic E-state index is -0.488. The number of fused-ring (bicyclic) bond motifs is 1. The SMILES string of the molecule is COC(=O)c1ccc(O[C@@H]2C[C@@H]3CN(Cc4cn(C)nn4)C[C@@H]3C[C@H]2O)cc1. The normalized spacial score (nSPS) is 27.4. The van der Waals surface area contributed by atoms with Crippen LogP contribution in [0.3, 0.4) is 0 Å². The van der Waals surface area contributed by atoms with Crippen LogP contribution in [0.5, 0.6) is 5.75 Å². The number of aryl methyl sites for hydroxylation is 1. The van der Waals surface area contributed by atoms with E-state index in [0.29, 0.717) is 23.1 Å². The number of aliphatic hydroxyl groups excluding tert-OH is 1. The zero-order valence-electron chi connectivity index (χ0n) is 16.2. The first-order valence-corrected chi connectivity index (χ1v) is 9.62. The fourth-order valence-electron chi connectivity index (χ4n) is 4.40. The third-order valence-corrected chi connectivity index (χ3v) is 5.76. The van der Waals surface area contributed by atoms with Gasteiger partial charge in [0.25, 0.3) is 0 Å². The maximum absolute atomic E-state index is 11.5. The maximum Gasteiger partial charge on any atom is 0.337 e. The molecule has 2 aromatic rings. The number of esters is 1. The molecule has 1 saturated heterocycles. The Hall–Kier alpha value is -2.45. The van der Waals surface area contributed by atoms with Crippen molar-refractivity contribution in [2.24, 2.45) is 18.9 Å². The quantitative estimate of drug-likeness (QED) is 0.774. The van der Waals surface area contributed by atoms with E-state index >= 15 is 0 Å². The summed E-state index contributed by atoms with van der Waals surface area (Å²) >= 11 is 0. The Bertz CT molecular complexity index is 822. The highest BCUT2D eigenvalue weighted by atomic mass is 16.5. The Morgan fingerprint density at radius 1 is 1.21 bits per heavy atom. The number of ether oxygens (including phenoxy) is 2. The molecule has 28 heavy (non-hydrogen) atoms. The smallest absolute Gasteiger partial charge is 0.337 e. The lowest BCUT2D eigenvalue weighted by molar-refractivity contribution is -0.0231. The van der Waals surface area contributed by atoms with Crippen LogP contribution in [0.2, 0.25) is 0 Å². The standard InChI is InChI=1S/C20H26N4O4/c1-23-11-16(21-22-23)12-24-9-14-7-18(25)19(8-15(14)10-24)28-17-5-3-13(4-6-17)20(26)27-2/h3-6,11,14-15,18-19,25H,7-10,12H2,1-2H3/t14-,15+,18+,19+/m0/s1. The van der Waals surface area contributed by atoms with Crippen molar-refractivity contribution in [3.8, 4) is 5.75 Å². The van der Waals surface area contributed by atoms with Crippen LogP contribution in [-0.2, 0) is 18.3 Å². The number of aliphatic hydroxyl groups is 1. The summed E-state index contributed by atoms with van der Waals surface area (Å²) in [5, 5.41) is 18.8. The fourth-order valence-corrected chi connectivity index (χ4v) is 4.40. The van der Waals surface area contributed by atoms with Crippen LogP contribution >= 0.6 is 0 Å². The van der Waals surface area contributed by atoms with Crippen LogP contribution in [-0.4, -0.2) is 63.4 Å². The van der Waals surface area contributed by atoms with Crippen molar-refractivity contribution in [3.05, 3.63) is 41.7 Å². The molecule has 8 nitrogen and oxygen atoms in total. The van der Waals surface area contributed by atoms with Crippen molar-refractivity contribution >= 4 is 5.97 Å². The molecule has 2 fully saturated rings. The van der Waals surface area contributed by atoms with Crippen LogP contribution in [0.1, 0.15) is 28.9 Å². The number of hydrogen-bond acceptors (Lipinski definition) is 7. The van der Waals surface area contributed by atoms with E-state index in [1.54, 1.807) is 28.9 Å². The lowest BCUT2D eigenvalue weighted by Crippen LogP contribution is -2.42. The summed E-state index contributed by atoms with van der Waals surface area (Å²) in [6.07, 6.45) is 2.79. The van der Waals surface area contributed by atoms with E-state index < -0.39 is 6.10 Å². The number of benzene rings is 1. The zero-order valence-corrected chi connectivity index (χ0v) is 16.2. The second-order valence-corrected chi connectivity index (χ2v) is 7.81. The molecule has 4 atom stereocenters. The largest absolute Gasteiger partial charge is 0.488 e. The van der Waals surface area contributed by atoms with Crippen molar-refractivity contribution in [1.29, 1.82) is 0 Å². The molecule has 4 rings (SSSR count). The average Bonchev–Trinajstić information content (AvgIpc) is 3.27. The van der Waals surface area contributed by atoms with Gasteiger partial charge in [0.2, 0.25) is 0 Å². The highest BCUT2D eigenvalue weighted by Crippen LogP contribution is 2.38. The molecule has 1 aliphatic heterocycles. The molecule has 1 aromatic heterocycles. The second kappa shape index (κ2) is 7.89. The first kappa shape index (κ1) is 18.9. The third kappa shape index (κ3) is 4.02. The Morgan fingerprint density at radius 2 is 1.93 bits per heavy atom. The molecule has 8 heteroatoms. The van der Waals surface area contributed by atoms with Gasteiger partial charge >= 0.3 is 5.97 Å². The van der Waals surface area contributed by atoms with Gasteiger partial charge in [-0.25, -0.2) is 4.79 Å². The van der Waals surface area contributed by atoms with E-state index in [1.807, 2.05) is 13.2 Å².